The quantitative estimate of drug-likeness (QED) is 0.0330. The molecule has 3 aliphatic carbocycles. The van der Waals surface area contributed by atoms with E-state index in [1.807, 2.05) is 66.7 Å². The molecule has 0 saturated heterocycles. The summed E-state index contributed by atoms with van der Waals surface area (Å²) in [5, 5.41) is 23.4. The number of hydrogen-bond acceptors (Lipinski definition) is 16. The normalized spacial score (nSPS) is 13.9. The minimum absolute atomic E-state index is 0. The molecule has 0 atom stereocenters. The van der Waals surface area contributed by atoms with Crippen molar-refractivity contribution in [1.29, 1.82) is 5.26 Å². The van der Waals surface area contributed by atoms with Crippen LogP contribution < -0.4 is 17.1 Å². The average molecular weight is 1040 g/mol. The minimum atomic E-state index is -0.597. The predicted octanol–water partition coefficient (Wildman–Crippen LogP) is 9.05. The van der Waals surface area contributed by atoms with Crippen molar-refractivity contribution in [2.75, 3.05) is 13.2 Å². The van der Waals surface area contributed by atoms with Gasteiger partial charge in [0, 0.05) is 66.4 Å². The number of halogens is 2. The lowest BCUT2D eigenvalue weighted by atomic mass is 9.92. The highest BCUT2D eigenvalue weighted by Crippen LogP contribution is 2.51. The van der Waals surface area contributed by atoms with Crippen molar-refractivity contribution < 1.29 is 34.3 Å². The molecule has 0 radical (unpaired) electrons. The van der Waals surface area contributed by atoms with Gasteiger partial charge in [0.25, 0.3) is 5.91 Å². The van der Waals surface area contributed by atoms with Crippen molar-refractivity contribution in [3.63, 3.8) is 0 Å². The lowest BCUT2D eigenvalue weighted by Crippen LogP contribution is -2.20. The van der Waals surface area contributed by atoms with Crippen molar-refractivity contribution in [2.45, 2.75) is 81.6 Å². The lowest BCUT2D eigenvalue weighted by molar-refractivity contribution is 0.0515. The molecule has 3 aliphatic rings. The molecular formula is C55H60Cl2N10O7. The fourth-order valence-electron chi connectivity index (χ4n) is 7.36. The van der Waals surface area contributed by atoms with Gasteiger partial charge in [-0.05, 0) is 92.8 Å². The summed E-state index contributed by atoms with van der Waals surface area (Å²) < 4.78 is 9.64. The van der Waals surface area contributed by atoms with Gasteiger partial charge in [-0.3, -0.25) is 10.0 Å². The van der Waals surface area contributed by atoms with Crippen LogP contribution in [0, 0.1) is 11.3 Å². The number of hydroxylamine groups is 1. The highest BCUT2D eigenvalue weighted by atomic mass is 35.5. The zero-order valence-electron chi connectivity index (χ0n) is 41.1. The second kappa shape index (κ2) is 29.8. The number of nitriles is 1. The highest BCUT2D eigenvalue weighted by molar-refractivity contribution is 6.28. The third-order valence-corrected chi connectivity index (χ3v) is 12.1. The maximum Gasteiger partial charge on any atom is 0.341 e. The van der Waals surface area contributed by atoms with Crippen LogP contribution in [0.25, 0.3) is 0 Å². The summed E-state index contributed by atoms with van der Waals surface area (Å²) in [4.78, 5) is 58.1. The first-order chi connectivity index (χ1) is 35.4. The molecule has 0 spiro atoms. The molecular weight excluding hydrogens is 984 g/mol. The SMILES string of the molecule is CCOC(=O)c1cnc(CC2(c3ccccc3)CC2)nc1.CCOC(=O)c1cnc(Cl)nc1.Cl.N#Cc1ccccc1.NC1(c2ccccc2)CC1.NO.O=C(NO)c1cnc(CC2(c3ccccc3)CC2)nc1. The molecule has 386 valence electrons. The molecule has 19 heteroatoms. The molecule has 0 bridgehead atoms. The van der Waals surface area contributed by atoms with Gasteiger partial charge in [0.05, 0.1) is 41.5 Å². The predicted molar refractivity (Wildman–Crippen MR) is 280 cm³/mol. The molecule has 3 fully saturated rings. The van der Waals surface area contributed by atoms with E-state index in [4.69, 9.17) is 42.5 Å². The number of nitrogens with two attached hydrogens (primary N) is 2. The fourth-order valence-corrected chi connectivity index (χ4v) is 7.46. The number of amides is 1. The number of nitrogens with one attached hydrogen (secondary N) is 1. The van der Waals surface area contributed by atoms with Crippen LogP contribution in [0.2, 0.25) is 5.28 Å². The van der Waals surface area contributed by atoms with E-state index in [1.54, 1.807) is 43.9 Å². The molecule has 4 aromatic carbocycles. The summed E-state index contributed by atoms with van der Waals surface area (Å²) in [7, 11) is 0. The first-order valence-electron chi connectivity index (χ1n) is 23.5. The van der Waals surface area contributed by atoms with Crippen LogP contribution in [0.1, 0.15) is 117 Å². The van der Waals surface area contributed by atoms with Crippen LogP contribution in [0.15, 0.2) is 159 Å². The van der Waals surface area contributed by atoms with E-state index < -0.39 is 11.9 Å². The van der Waals surface area contributed by atoms with Crippen molar-refractivity contribution in [1.82, 2.24) is 35.4 Å². The van der Waals surface area contributed by atoms with Crippen LogP contribution in [0.4, 0.5) is 0 Å². The van der Waals surface area contributed by atoms with E-state index in [2.05, 4.69) is 84.3 Å². The standard InChI is InChI=1S/C17H18N2O2.C15H15N3O2.C9H11N.C7H7ClN2O2.C7H5N.ClH.H3NO/c1-2-21-16(20)13-11-18-15(19-12-13)10-17(8-9-17)14-6-4-3-5-7-14;19-14(18-20)11-9-16-13(17-10-11)8-15(6-7-15)12-4-2-1-3-5-12;10-9(6-7-9)8-4-2-1-3-5-8;1-2-12-6(11)5-3-9-7(8)10-4-5;8-6-7-4-2-1-3-5-7;;1-2/h3-7,11-12H,2,8-10H2,1H3;1-5,9-10,20H,6-8H2,(H,18,19);1-5H,6-7,10H2;3-4H,2H2,1H3;1-5H;1H;2H,1H2. The topological polar surface area (TPSA) is 275 Å². The molecule has 3 heterocycles. The van der Waals surface area contributed by atoms with Crippen molar-refractivity contribution in [3.05, 3.63) is 214 Å². The van der Waals surface area contributed by atoms with E-state index in [1.165, 1.54) is 54.3 Å². The Balaban J connectivity index is 0.000000207. The van der Waals surface area contributed by atoms with Crippen molar-refractivity contribution >= 4 is 41.9 Å². The molecule has 3 aromatic heterocycles. The third-order valence-electron chi connectivity index (χ3n) is 11.9. The van der Waals surface area contributed by atoms with Gasteiger partial charge < -0.3 is 20.4 Å². The fraction of sp³-hybridized carbons (Fsp3) is 0.273. The first kappa shape index (κ1) is 59.0. The van der Waals surface area contributed by atoms with E-state index >= 15 is 0 Å². The number of aromatic nitrogens is 6. The molecule has 3 saturated carbocycles. The summed E-state index contributed by atoms with van der Waals surface area (Å²) in [6.07, 6.45) is 17.2. The number of ether oxygens (including phenoxy) is 2. The summed E-state index contributed by atoms with van der Waals surface area (Å²) in [5.74, 6) is 3.61. The number of carbonyl (C=O) groups is 3. The molecule has 7 N–H and O–H groups in total. The molecule has 1 amide bonds. The van der Waals surface area contributed by atoms with Crippen molar-refractivity contribution in [2.24, 2.45) is 11.6 Å². The van der Waals surface area contributed by atoms with Gasteiger partial charge in [-0.25, -0.2) is 50.9 Å². The van der Waals surface area contributed by atoms with Gasteiger partial charge in [-0.1, -0.05) is 109 Å². The smallest absolute Gasteiger partial charge is 0.341 e. The largest absolute Gasteiger partial charge is 0.462 e. The molecule has 74 heavy (non-hydrogen) atoms. The Hall–Kier alpha value is -7.56. The summed E-state index contributed by atoms with van der Waals surface area (Å²) in [6.45, 7) is 4.21. The summed E-state index contributed by atoms with van der Waals surface area (Å²) in [5.41, 5.74) is 13.6. The lowest BCUT2D eigenvalue weighted by Gasteiger charge is -2.14. The van der Waals surface area contributed by atoms with Gasteiger partial charge in [-0.2, -0.15) is 5.26 Å². The maximum absolute atomic E-state index is 11.6. The molecule has 0 unspecified atom stereocenters. The Morgan fingerprint density at radius 3 is 1.23 bits per heavy atom. The number of carbonyl (C=O) groups excluding carboxylic acids is 3. The number of rotatable bonds is 12. The van der Waals surface area contributed by atoms with E-state index in [0.717, 1.165) is 50.2 Å². The molecule has 7 aromatic rings. The maximum atomic E-state index is 11.6. The molecule has 17 nitrogen and oxygen atoms in total. The van der Waals surface area contributed by atoms with Gasteiger partial charge in [0.2, 0.25) is 5.28 Å². The van der Waals surface area contributed by atoms with E-state index in [9.17, 15) is 14.4 Å². The zero-order valence-corrected chi connectivity index (χ0v) is 42.7. The van der Waals surface area contributed by atoms with Crippen LogP contribution in [0.3, 0.4) is 0 Å². The first-order valence-corrected chi connectivity index (χ1v) is 23.9. The number of nitrogens with zero attached hydrogens (tertiary/aromatic N) is 7. The monoisotopic (exact) mass is 1040 g/mol. The second-order valence-corrected chi connectivity index (χ2v) is 17.4. The summed E-state index contributed by atoms with van der Waals surface area (Å²) >= 11 is 5.42. The molecule has 10 rings (SSSR count). The molecule has 0 aliphatic heterocycles. The Morgan fingerprint density at radius 1 is 0.581 bits per heavy atom. The van der Waals surface area contributed by atoms with Crippen LogP contribution >= 0.6 is 24.0 Å². The second-order valence-electron chi connectivity index (χ2n) is 17.0. The Bertz CT molecular complexity index is 2800. The van der Waals surface area contributed by atoms with Gasteiger partial charge in [0.15, 0.2) is 0 Å². The summed E-state index contributed by atoms with van der Waals surface area (Å²) in [6, 6.07) is 42.4. The van der Waals surface area contributed by atoms with Crippen molar-refractivity contribution in [3.8, 4) is 6.07 Å². The van der Waals surface area contributed by atoms with E-state index in [0.29, 0.717) is 29.9 Å². The van der Waals surface area contributed by atoms with Crippen LogP contribution in [-0.2, 0) is 38.7 Å². The van der Waals surface area contributed by atoms with Crippen LogP contribution in [0.5, 0.6) is 0 Å². The Labute approximate surface area is 441 Å². The van der Waals surface area contributed by atoms with Crippen LogP contribution in [-0.4, -0.2) is 71.4 Å². The number of esters is 2. The van der Waals surface area contributed by atoms with Gasteiger partial charge in [-0.15, -0.1) is 12.4 Å². The Morgan fingerprint density at radius 2 is 0.919 bits per heavy atom. The van der Waals surface area contributed by atoms with Gasteiger partial charge in [0.1, 0.15) is 11.6 Å². The van der Waals surface area contributed by atoms with Gasteiger partial charge >= 0.3 is 11.9 Å². The average Bonchev–Trinajstić information content (AvgIpc) is 4.39. The minimum Gasteiger partial charge on any atom is -0.462 e. The highest BCUT2D eigenvalue weighted by Gasteiger charge is 2.45. The third kappa shape index (κ3) is 18.2. The van der Waals surface area contributed by atoms with E-state index in [-0.39, 0.29) is 45.6 Å². The number of benzene rings is 4. The number of hydrogen-bond donors (Lipinski definition) is 5. The zero-order chi connectivity index (χ0) is 52.5. The Kier molecular flexibility index (Phi) is 23.8.